The number of rotatable bonds is 7. The Hall–Kier alpha value is -1.85. The summed E-state index contributed by atoms with van der Waals surface area (Å²) in [4.78, 5) is 12.3. The molecule has 1 heterocycles. The predicted octanol–water partition coefficient (Wildman–Crippen LogP) is 2.26. The van der Waals surface area contributed by atoms with E-state index in [0.717, 1.165) is 23.2 Å². The lowest BCUT2D eigenvalue weighted by Crippen LogP contribution is -2.35. The van der Waals surface area contributed by atoms with Gasteiger partial charge in [0.2, 0.25) is 0 Å². The smallest absolute Gasteiger partial charge is 0.251 e. The average molecular weight is 329 g/mol. The fourth-order valence-corrected chi connectivity index (χ4v) is 3.45. The van der Waals surface area contributed by atoms with Gasteiger partial charge in [-0.3, -0.25) is 4.79 Å². The number of benzene rings is 1. The van der Waals surface area contributed by atoms with Crippen molar-refractivity contribution in [1.29, 1.82) is 0 Å². The van der Waals surface area contributed by atoms with Gasteiger partial charge < -0.3 is 20.4 Å². The monoisotopic (exact) mass is 329 g/mol. The van der Waals surface area contributed by atoms with Gasteiger partial charge in [0.15, 0.2) is 0 Å². The lowest BCUT2D eigenvalue weighted by atomic mass is 9.95. The number of nitrogens with zero attached hydrogens (tertiary/aromatic N) is 1. The highest BCUT2D eigenvalue weighted by molar-refractivity contribution is 5.80. The fourth-order valence-electron chi connectivity index (χ4n) is 3.45. The van der Waals surface area contributed by atoms with Gasteiger partial charge in [-0.2, -0.15) is 0 Å². The third kappa shape index (κ3) is 4.16. The summed E-state index contributed by atoms with van der Waals surface area (Å²) in [7, 11) is 0. The minimum atomic E-state index is 0.0314. The molecule has 0 spiro atoms. The summed E-state index contributed by atoms with van der Waals surface area (Å²) in [5, 5.41) is 4.65. The van der Waals surface area contributed by atoms with Gasteiger partial charge in [-0.15, -0.1) is 0 Å². The summed E-state index contributed by atoms with van der Waals surface area (Å²) < 4.78 is 7.44. The maximum absolute atomic E-state index is 12.3. The number of nitrogens with one attached hydrogen (secondary N) is 1. The van der Waals surface area contributed by atoms with Crippen molar-refractivity contribution in [1.82, 2.24) is 9.88 Å². The van der Waals surface area contributed by atoms with Crippen molar-refractivity contribution in [2.24, 2.45) is 5.73 Å². The van der Waals surface area contributed by atoms with Crippen LogP contribution >= 0.6 is 0 Å². The molecular weight excluding hydrogens is 302 g/mol. The van der Waals surface area contributed by atoms with E-state index in [0.29, 0.717) is 25.7 Å². The molecule has 1 aromatic heterocycles. The molecule has 1 aliphatic carbocycles. The Morgan fingerprint density at radius 3 is 2.75 bits per heavy atom. The molecule has 130 valence electrons. The summed E-state index contributed by atoms with van der Waals surface area (Å²) in [6.07, 6.45) is 6.48. The van der Waals surface area contributed by atoms with Gasteiger partial charge in [0.05, 0.1) is 5.52 Å². The molecule has 24 heavy (non-hydrogen) atoms. The van der Waals surface area contributed by atoms with Crippen molar-refractivity contribution in [3.8, 4) is 5.75 Å². The average Bonchev–Trinajstić information content (AvgIpc) is 2.62. The number of fused-ring (bicyclic) bond motifs is 1. The fraction of sp³-hybridized carbons (Fsp3) is 0.526. The third-order valence-corrected chi connectivity index (χ3v) is 4.72. The van der Waals surface area contributed by atoms with Gasteiger partial charge in [0.1, 0.15) is 12.4 Å². The highest BCUT2D eigenvalue weighted by atomic mass is 16.5. The standard InChI is InChI=1S/C19H27N3O2/c20-10-13-24-17-8-6-15-7-9-19(23)22(18(15)14-17)12-11-21-16-4-2-1-3-5-16/h6-9,14,16,21H,1-5,10-13,20H2. The van der Waals surface area contributed by atoms with E-state index >= 15 is 0 Å². The Morgan fingerprint density at radius 1 is 1.17 bits per heavy atom. The first-order chi connectivity index (χ1) is 11.8. The van der Waals surface area contributed by atoms with Gasteiger partial charge in [0.25, 0.3) is 5.56 Å². The number of nitrogens with two attached hydrogens (primary N) is 1. The number of hydrogen-bond donors (Lipinski definition) is 2. The number of ether oxygens (including phenoxy) is 1. The number of pyridine rings is 1. The zero-order chi connectivity index (χ0) is 16.8. The van der Waals surface area contributed by atoms with Gasteiger partial charge in [-0.05, 0) is 36.4 Å². The summed E-state index contributed by atoms with van der Waals surface area (Å²) in [5.41, 5.74) is 6.44. The zero-order valence-electron chi connectivity index (χ0n) is 14.2. The molecule has 0 aliphatic heterocycles. The first-order valence-electron chi connectivity index (χ1n) is 8.98. The number of aromatic nitrogens is 1. The van der Waals surface area contributed by atoms with E-state index in [9.17, 15) is 4.79 Å². The van der Waals surface area contributed by atoms with Crippen LogP contribution < -0.4 is 21.3 Å². The molecule has 0 saturated heterocycles. The van der Waals surface area contributed by atoms with Crippen molar-refractivity contribution in [3.05, 3.63) is 40.7 Å². The molecule has 0 radical (unpaired) electrons. The van der Waals surface area contributed by atoms with Crippen LogP contribution in [0.2, 0.25) is 0 Å². The van der Waals surface area contributed by atoms with Gasteiger partial charge >= 0.3 is 0 Å². The second kappa shape index (κ2) is 8.31. The molecule has 3 rings (SSSR count). The molecule has 1 fully saturated rings. The summed E-state index contributed by atoms with van der Waals surface area (Å²) >= 11 is 0. The Morgan fingerprint density at radius 2 is 1.96 bits per heavy atom. The minimum absolute atomic E-state index is 0.0314. The highest BCUT2D eigenvalue weighted by Gasteiger charge is 2.12. The Balaban J connectivity index is 1.74. The third-order valence-electron chi connectivity index (χ3n) is 4.72. The van der Waals surface area contributed by atoms with Crippen LogP contribution in [0.3, 0.4) is 0 Å². The molecule has 0 bridgehead atoms. The largest absolute Gasteiger partial charge is 0.492 e. The molecular formula is C19H27N3O2. The van der Waals surface area contributed by atoms with Gasteiger partial charge in [0, 0.05) is 37.8 Å². The summed E-state index contributed by atoms with van der Waals surface area (Å²) in [6, 6.07) is 9.97. The van der Waals surface area contributed by atoms with E-state index in [-0.39, 0.29) is 5.56 Å². The van der Waals surface area contributed by atoms with Crippen LogP contribution in [0.5, 0.6) is 5.75 Å². The van der Waals surface area contributed by atoms with E-state index < -0.39 is 0 Å². The molecule has 0 atom stereocenters. The van der Waals surface area contributed by atoms with Crippen molar-refractivity contribution in [2.45, 2.75) is 44.7 Å². The lowest BCUT2D eigenvalue weighted by molar-refractivity contribution is 0.328. The predicted molar refractivity (Wildman–Crippen MR) is 97.6 cm³/mol. The van der Waals surface area contributed by atoms with Crippen LogP contribution in [-0.2, 0) is 6.54 Å². The maximum Gasteiger partial charge on any atom is 0.251 e. The molecule has 5 heteroatoms. The quantitative estimate of drug-likeness (QED) is 0.817. The van der Waals surface area contributed by atoms with E-state index in [2.05, 4.69) is 5.32 Å². The maximum atomic E-state index is 12.3. The van der Waals surface area contributed by atoms with Crippen molar-refractivity contribution in [2.75, 3.05) is 19.7 Å². The molecule has 0 unspecified atom stereocenters. The first kappa shape index (κ1) is 17.0. The molecule has 2 aromatic rings. The summed E-state index contributed by atoms with van der Waals surface area (Å²) in [6.45, 7) is 2.45. The Labute approximate surface area is 142 Å². The van der Waals surface area contributed by atoms with Crippen molar-refractivity contribution >= 4 is 10.9 Å². The highest BCUT2D eigenvalue weighted by Crippen LogP contribution is 2.20. The van der Waals surface area contributed by atoms with Gasteiger partial charge in [-0.1, -0.05) is 19.3 Å². The van der Waals surface area contributed by atoms with E-state index in [1.165, 1.54) is 32.1 Å². The van der Waals surface area contributed by atoms with E-state index in [4.69, 9.17) is 10.5 Å². The summed E-state index contributed by atoms with van der Waals surface area (Å²) in [5.74, 6) is 0.757. The first-order valence-corrected chi connectivity index (χ1v) is 8.98. The van der Waals surface area contributed by atoms with Crippen LogP contribution in [0.25, 0.3) is 10.9 Å². The zero-order valence-corrected chi connectivity index (χ0v) is 14.2. The van der Waals surface area contributed by atoms with Crippen LogP contribution in [0.15, 0.2) is 35.1 Å². The molecule has 1 aromatic carbocycles. The van der Waals surface area contributed by atoms with Crippen LogP contribution in [0.1, 0.15) is 32.1 Å². The molecule has 5 nitrogen and oxygen atoms in total. The van der Waals surface area contributed by atoms with E-state index in [1.54, 1.807) is 6.07 Å². The van der Waals surface area contributed by atoms with Crippen LogP contribution in [0, 0.1) is 0 Å². The Bertz CT molecular complexity index is 720. The van der Waals surface area contributed by atoms with Gasteiger partial charge in [-0.25, -0.2) is 0 Å². The van der Waals surface area contributed by atoms with Crippen molar-refractivity contribution < 1.29 is 4.74 Å². The topological polar surface area (TPSA) is 69.3 Å². The normalized spacial score (nSPS) is 15.7. The van der Waals surface area contributed by atoms with E-state index in [1.807, 2.05) is 28.8 Å². The number of hydrogen-bond acceptors (Lipinski definition) is 4. The molecule has 1 saturated carbocycles. The lowest BCUT2D eigenvalue weighted by Gasteiger charge is -2.23. The SMILES string of the molecule is NCCOc1ccc2ccc(=O)n(CCNC3CCCCC3)c2c1. The Kier molecular flexibility index (Phi) is 5.88. The van der Waals surface area contributed by atoms with Crippen LogP contribution in [-0.4, -0.2) is 30.3 Å². The second-order valence-corrected chi connectivity index (χ2v) is 6.47. The molecule has 1 aliphatic rings. The van der Waals surface area contributed by atoms with Crippen LogP contribution in [0.4, 0.5) is 0 Å². The molecule has 3 N–H and O–H groups in total. The minimum Gasteiger partial charge on any atom is -0.492 e. The van der Waals surface area contributed by atoms with Crippen molar-refractivity contribution in [3.63, 3.8) is 0 Å². The second-order valence-electron chi connectivity index (χ2n) is 6.47. The molecule has 0 amide bonds.